The summed E-state index contributed by atoms with van der Waals surface area (Å²) in [6, 6.07) is 4.74. The second kappa shape index (κ2) is 4.50. The SMILES string of the molecule is Cc1ccc(O)cc1OCCC(=O)O. The molecule has 0 atom stereocenters. The molecule has 1 rings (SSSR count). The summed E-state index contributed by atoms with van der Waals surface area (Å²) < 4.78 is 5.19. The number of carboxylic acid groups (broad SMARTS) is 1. The van der Waals surface area contributed by atoms with Crippen molar-refractivity contribution in [2.45, 2.75) is 13.3 Å². The highest BCUT2D eigenvalue weighted by atomic mass is 16.5. The molecule has 14 heavy (non-hydrogen) atoms. The van der Waals surface area contributed by atoms with E-state index in [4.69, 9.17) is 14.9 Å². The van der Waals surface area contributed by atoms with Gasteiger partial charge in [0.25, 0.3) is 0 Å². The molecule has 0 aliphatic rings. The van der Waals surface area contributed by atoms with Crippen molar-refractivity contribution in [3.8, 4) is 11.5 Å². The zero-order valence-corrected chi connectivity index (χ0v) is 7.86. The molecule has 0 saturated carbocycles. The van der Waals surface area contributed by atoms with Gasteiger partial charge in [0, 0.05) is 6.07 Å². The molecule has 4 nitrogen and oxygen atoms in total. The molecule has 0 amide bonds. The summed E-state index contributed by atoms with van der Waals surface area (Å²) in [6.45, 7) is 1.94. The van der Waals surface area contributed by atoms with Crippen LogP contribution < -0.4 is 4.74 Å². The van der Waals surface area contributed by atoms with E-state index < -0.39 is 5.97 Å². The predicted octanol–water partition coefficient (Wildman–Crippen LogP) is 1.55. The van der Waals surface area contributed by atoms with Gasteiger partial charge in [-0.15, -0.1) is 0 Å². The first-order valence-electron chi connectivity index (χ1n) is 4.24. The van der Waals surface area contributed by atoms with Gasteiger partial charge in [0.15, 0.2) is 0 Å². The highest BCUT2D eigenvalue weighted by Crippen LogP contribution is 2.23. The van der Waals surface area contributed by atoms with Crippen LogP contribution in [0.2, 0.25) is 0 Å². The first-order valence-corrected chi connectivity index (χ1v) is 4.24. The lowest BCUT2D eigenvalue weighted by Crippen LogP contribution is -2.05. The first kappa shape index (κ1) is 10.4. The Balaban J connectivity index is 2.57. The number of aryl methyl sites for hydroxylation is 1. The van der Waals surface area contributed by atoms with E-state index in [2.05, 4.69) is 0 Å². The molecule has 1 aromatic rings. The maximum atomic E-state index is 10.2. The molecule has 0 saturated heterocycles. The van der Waals surface area contributed by atoms with Crippen LogP contribution in [0, 0.1) is 6.92 Å². The van der Waals surface area contributed by atoms with Crippen LogP contribution in [0.15, 0.2) is 18.2 Å². The van der Waals surface area contributed by atoms with Gasteiger partial charge in [0.2, 0.25) is 0 Å². The summed E-state index contributed by atoms with van der Waals surface area (Å²) in [5.41, 5.74) is 0.869. The minimum atomic E-state index is -0.900. The molecule has 1 aromatic carbocycles. The predicted molar refractivity (Wildman–Crippen MR) is 50.6 cm³/mol. The average molecular weight is 196 g/mol. The highest BCUT2D eigenvalue weighted by Gasteiger charge is 2.02. The molecule has 4 heteroatoms. The van der Waals surface area contributed by atoms with Crippen LogP contribution in [0.25, 0.3) is 0 Å². The standard InChI is InChI=1S/C10H12O4/c1-7-2-3-8(11)6-9(7)14-5-4-10(12)13/h2-3,6,11H,4-5H2,1H3,(H,12,13). The number of rotatable bonds is 4. The van der Waals surface area contributed by atoms with Crippen LogP contribution in [0.4, 0.5) is 0 Å². The number of benzene rings is 1. The van der Waals surface area contributed by atoms with E-state index in [1.54, 1.807) is 12.1 Å². The van der Waals surface area contributed by atoms with Gasteiger partial charge < -0.3 is 14.9 Å². The van der Waals surface area contributed by atoms with Crippen molar-refractivity contribution in [3.05, 3.63) is 23.8 Å². The second-order valence-electron chi connectivity index (χ2n) is 2.94. The fraction of sp³-hybridized carbons (Fsp3) is 0.300. The third-order valence-electron chi connectivity index (χ3n) is 1.75. The van der Waals surface area contributed by atoms with Crippen LogP contribution in [-0.4, -0.2) is 22.8 Å². The number of carboxylic acids is 1. The van der Waals surface area contributed by atoms with Gasteiger partial charge in [0.1, 0.15) is 11.5 Å². The smallest absolute Gasteiger partial charge is 0.306 e. The Labute approximate surface area is 81.8 Å². The molecule has 2 N–H and O–H groups in total. The molecular weight excluding hydrogens is 184 g/mol. The summed E-state index contributed by atoms with van der Waals surface area (Å²) in [7, 11) is 0. The van der Waals surface area contributed by atoms with E-state index in [0.717, 1.165) is 5.56 Å². The zero-order valence-electron chi connectivity index (χ0n) is 7.86. The summed E-state index contributed by atoms with van der Waals surface area (Å²) in [5, 5.41) is 17.5. The quantitative estimate of drug-likeness (QED) is 0.766. The molecule has 0 aromatic heterocycles. The maximum Gasteiger partial charge on any atom is 0.306 e. The van der Waals surface area contributed by atoms with Crippen LogP contribution in [0.1, 0.15) is 12.0 Å². The number of aliphatic carboxylic acids is 1. The summed E-state index contributed by atoms with van der Waals surface area (Å²) >= 11 is 0. The molecule has 0 aliphatic heterocycles. The van der Waals surface area contributed by atoms with E-state index in [1.165, 1.54) is 6.07 Å². The van der Waals surface area contributed by atoms with Crippen LogP contribution >= 0.6 is 0 Å². The van der Waals surface area contributed by atoms with E-state index in [-0.39, 0.29) is 18.8 Å². The number of hydrogen-bond acceptors (Lipinski definition) is 3. The van der Waals surface area contributed by atoms with Crippen molar-refractivity contribution in [3.63, 3.8) is 0 Å². The minimum Gasteiger partial charge on any atom is -0.508 e. The first-order chi connectivity index (χ1) is 6.59. The van der Waals surface area contributed by atoms with Gasteiger partial charge in [-0.25, -0.2) is 0 Å². The van der Waals surface area contributed by atoms with Crippen LogP contribution in [0.3, 0.4) is 0 Å². The Kier molecular flexibility index (Phi) is 3.34. The molecule has 0 aliphatic carbocycles. The van der Waals surface area contributed by atoms with Crippen LogP contribution in [0.5, 0.6) is 11.5 Å². The molecule has 0 fully saturated rings. The maximum absolute atomic E-state index is 10.2. The summed E-state index contributed by atoms with van der Waals surface area (Å²) in [5.74, 6) is -0.269. The van der Waals surface area contributed by atoms with Crippen molar-refractivity contribution in [2.24, 2.45) is 0 Å². The van der Waals surface area contributed by atoms with Crippen molar-refractivity contribution in [2.75, 3.05) is 6.61 Å². The number of phenolic OH excluding ortho intramolecular Hbond substituents is 1. The van der Waals surface area contributed by atoms with Crippen molar-refractivity contribution in [1.82, 2.24) is 0 Å². The van der Waals surface area contributed by atoms with Crippen molar-refractivity contribution < 1.29 is 19.7 Å². The number of ether oxygens (including phenoxy) is 1. The Morgan fingerprint density at radius 1 is 1.50 bits per heavy atom. The lowest BCUT2D eigenvalue weighted by atomic mass is 10.2. The number of phenols is 1. The molecule has 0 radical (unpaired) electrons. The average Bonchev–Trinajstić information content (AvgIpc) is 2.10. The van der Waals surface area contributed by atoms with Crippen LogP contribution in [-0.2, 0) is 4.79 Å². The largest absolute Gasteiger partial charge is 0.508 e. The summed E-state index contributed by atoms with van der Waals surface area (Å²) in [4.78, 5) is 10.2. The third kappa shape index (κ3) is 2.97. The molecule has 0 bridgehead atoms. The molecule has 76 valence electrons. The van der Waals surface area contributed by atoms with Gasteiger partial charge in [-0.1, -0.05) is 6.07 Å². The Bertz CT molecular complexity index is 333. The van der Waals surface area contributed by atoms with Crippen molar-refractivity contribution >= 4 is 5.97 Å². The Morgan fingerprint density at radius 2 is 2.21 bits per heavy atom. The number of carbonyl (C=O) groups is 1. The van der Waals surface area contributed by atoms with E-state index in [9.17, 15) is 4.79 Å². The number of aromatic hydroxyl groups is 1. The van der Waals surface area contributed by atoms with E-state index >= 15 is 0 Å². The third-order valence-corrected chi connectivity index (χ3v) is 1.75. The molecule has 0 unspecified atom stereocenters. The fourth-order valence-corrected chi connectivity index (χ4v) is 0.993. The van der Waals surface area contributed by atoms with Gasteiger partial charge >= 0.3 is 5.97 Å². The van der Waals surface area contributed by atoms with Gasteiger partial charge in [0.05, 0.1) is 13.0 Å². The Morgan fingerprint density at radius 3 is 2.86 bits per heavy atom. The highest BCUT2D eigenvalue weighted by molar-refractivity contribution is 5.66. The zero-order chi connectivity index (χ0) is 10.6. The number of hydrogen-bond donors (Lipinski definition) is 2. The van der Waals surface area contributed by atoms with Gasteiger partial charge in [-0.3, -0.25) is 4.79 Å². The Hall–Kier alpha value is -1.71. The van der Waals surface area contributed by atoms with Gasteiger partial charge in [-0.2, -0.15) is 0 Å². The van der Waals surface area contributed by atoms with E-state index in [0.29, 0.717) is 5.75 Å². The van der Waals surface area contributed by atoms with Gasteiger partial charge in [-0.05, 0) is 18.6 Å². The normalized spacial score (nSPS) is 9.79. The topological polar surface area (TPSA) is 66.8 Å². The second-order valence-corrected chi connectivity index (χ2v) is 2.94. The molecule has 0 heterocycles. The molecule has 0 spiro atoms. The fourth-order valence-electron chi connectivity index (χ4n) is 0.993. The lowest BCUT2D eigenvalue weighted by Gasteiger charge is -2.07. The van der Waals surface area contributed by atoms with E-state index in [1.807, 2.05) is 6.92 Å². The minimum absolute atomic E-state index is 0.0465. The van der Waals surface area contributed by atoms with Crippen molar-refractivity contribution in [1.29, 1.82) is 0 Å². The molecular formula is C10H12O4. The lowest BCUT2D eigenvalue weighted by molar-refractivity contribution is -0.137. The monoisotopic (exact) mass is 196 g/mol. The summed E-state index contributed by atoms with van der Waals surface area (Å²) in [6.07, 6.45) is -0.0465.